The van der Waals surface area contributed by atoms with Crippen molar-refractivity contribution in [3.8, 4) is 6.07 Å². The second-order valence-electron chi connectivity index (χ2n) is 5.82. The van der Waals surface area contributed by atoms with Gasteiger partial charge >= 0.3 is 0 Å². The molecule has 2 nitrogen and oxygen atoms in total. The van der Waals surface area contributed by atoms with Crippen molar-refractivity contribution in [1.82, 2.24) is 0 Å². The van der Waals surface area contributed by atoms with E-state index >= 15 is 0 Å². The van der Waals surface area contributed by atoms with Crippen molar-refractivity contribution in [3.63, 3.8) is 0 Å². The van der Waals surface area contributed by atoms with Crippen molar-refractivity contribution in [2.45, 2.75) is 39.5 Å². The highest BCUT2D eigenvalue weighted by atomic mass is 15.1. The number of benzene rings is 1. The summed E-state index contributed by atoms with van der Waals surface area (Å²) in [4.78, 5) is 2.48. The van der Waals surface area contributed by atoms with Crippen molar-refractivity contribution in [2.75, 3.05) is 18.0 Å². The van der Waals surface area contributed by atoms with Crippen LogP contribution in [0.3, 0.4) is 0 Å². The van der Waals surface area contributed by atoms with Gasteiger partial charge in [0, 0.05) is 18.8 Å². The van der Waals surface area contributed by atoms with Crippen LogP contribution < -0.4 is 4.90 Å². The van der Waals surface area contributed by atoms with Crippen molar-refractivity contribution in [3.05, 3.63) is 29.8 Å². The van der Waals surface area contributed by atoms with Crippen LogP contribution in [0.1, 0.15) is 38.7 Å². The fourth-order valence-corrected chi connectivity index (χ4v) is 2.56. The third kappa shape index (κ3) is 3.04. The van der Waals surface area contributed by atoms with Gasteiger partial charge in [0.25, 0.3) is 0 Å². The van der Waals surface area contributed by atoms with Gasteiger partial charge in [0.1, 0.15) is 0 Å². The molecule has 1 heterocycles. The maximum atomic E-state index is 8.97. The minimum absolute atomic E-state index is 0.164. The fraction of sp³-hybridized carbons (Fsp3) is 0.562. The predicted molar refractivity (Wildman–Crippen MR) is 75.6 cm³/mol. The smallest absolute Gasteiger partial charge is 0.0683 e. The Bertz CT molecular complexity index is 443. The van der Waals surface area contributed by atoms with Gasteiger partial charge in [-0.25, -0.2) is 0 Å². The lowest BCUT2D eigenvalue weighted by Gasteiger charge is -2.20. The molecule has 0 bridgehead atoms. The molecule has 1 aromatic carbocycles. The number of nitrogens with zero attached hydrogens (tertiary/aromatic N) is 2. The van der Waals surface area contributed by atoms with Gasteiger partial charge in [0.2, 0.25) is 0 Å². The van der Waals surface area contributed by atoms with Gasteiger partial charge in [0.15, 0.2) is 0 Å². The molecular formula is C16H22N2. The Kier molecular flexibility index (Phi) is 3.91. The summed E-state index contributed by atoms with van der Waals surface area (Å²) in [6, 6.07) is 11.1. The van der Waals surface area contributed by atoms with Gasteiger partial charge in [0.05, 0.1) is 11.5 Å². The van der Waals surface area contributed by atoms with Gasteiger partial charge in [-0.05, 0) is 44.7 Å². The van der Waals surface area contributed by atoms with E-state index in [2.05, 4.69) is 35.2 Å². The number of hydrogen-bond donors (Lipinski definition) is 0. The fourth-order valence-electron chi connectivity index (χ4n) is 2.56. The highest BCUT2D eigenvalue weighted by Crippen LogP contribution is 2.28. The van der Waals surface area contributed by atoms with Crippen LogP contribution in [0.4, 0.5) is 5.69 Å². The summed E-state index contributed by atoms with van der Waals surface area (Å²) in [6.45, 7) is 6.33. The third-order valence-corrected chi connectivity index (χ3v) is 3.77. The Hall–Kier alpha value is -1.49. The van der Waals surface area contributed by atoms with E-state index in [1.165, 1.54) is 24.1 Å². The zero-order chi connectivity index (χ0) is 13.0. The van der Waals surface area contributed by atoms with Crippen LogP contribution in [0.15, 0.2) is 24.3 Å². The molecule has 1 aliphatic rings. The van der Waals surface area contributed by atoms with Crippen LogP contribution in [0.5, 0.6) is 0 Å². The van der Waals surface area contributed by atoms with Crippen molar-refractivity contribution in [2.24, 2.45) is 5.41 Å². The molecule has 2 rings (SSSR count). The van der Waals surface area contributed by atoms with Crippen molar-refractivity contribution < 1.29 is 0 Å². The molecule has 1 aliphatic heterocycles. The summed E-state index contributed by atoms with van der Waals surface area (Å²) in [7, 11) is 0. The summed E-state index contributed by atoms with van der Waals surface area (Å²) >= 11 is 0. The molecule has 0 spiro atoms. The normalized spacial score (nSPS) is 14.4. The first-order chi connectivity index (χ1) is 8.62. The summed E-state index contributed by atoms with van der Waals surface area (Å²) in [6.07, 6.45) is 4.50. The monoisotopic (exact) mass is 242 g/mol. The quantitative estimate of drug-likeness (QED) is 0.735. The molecule has 0 N–H and O–H groups in total. The maximum absolute atomic E-state index is 8.97. The van der Waals surface area contributed by atoms with Gasteiger partial charge in [-0.3, -0.25) is 0 Å². The number of unbranched alkanes of at least 4 members (excludes halogenated alkanes) is 1. The molecule has 0 saturated carbocycles. The standard InChI is InChI=1S/C16H22N2/c1-16(2,13-17)10-5-6-11-18-12-9-14-7-3-4-8-15(14)18/h3-4,7-8H,5-6,9-12H2,1-2H3. The van der Waals surface area contributed by atoms with Crippen molar-refractivity contribution >= 4 is 5.69 Å². The zero-order valence-corrected chi connectivity index (χ0v) is 11.4. The number of para-hydroxylation sites is 1. The zero-order valence-electron chi connectivity index (χ0n) is 11.4. The molecule has 1 aromatic rings. The maximum Gasteiger partial charge on any atom is 0.0683 e. The molecule has 0 fully saturated rings. The molecule has 96 valence electrons. The number of fused-ring (bicyclic) bond motifs is 1. The van der Waals surface area contributed by atoms with Gasteiger partial charge in [-0.15, -0.1) is 0 Å². The van der Waals surface area contributed by atoms with Crippen LogP contribution in [-0.4, -0.2) is 13.1 Å². The SMILES string of the molecule is CC(C)(C#N)CCCCN1CCc2ccccc21. The highest BCUT2D eigenvalue weighted by Gasteiger charge is 2.19. The van der Waals surface area contributed by atoms with Gasteiger partial charge in [-0.1, -0.05) is 24.6 Å². The highest BCUT2D eigenvalue weighted by molar-refractivity contribution is 5.57. The second-order valence-corrected chi connectivity index (χ2v) is 5.82. The third-order valence-electron chi connectivity index (χ3n) is 3.77. The minimum atomic E-state index is -0.164. The predicted octanol–water partition coefficient (Wildman–Crippen LogP) is 3.77. The molecule has 0 radical (unpaired) electrons. The van der Waals surface area contributed by atoms with E-state index in [9.17, 15) is 0 Å². The first kappa shape index (κ1) is 13.0. The largest absolute Gasteiger partial charge is 0.371 e. The molecule has 0 amide bonds. The van der Waals surface area contributed by atoms with E-state index in [0.717, 1.165) is 25.9 Å². The summed E-state index contributed by atoms with van der Waals surface area (Å²) in [5.41, 5.74) is 2.73. The Morgan fingerprint density at radius 3 is 2.83 bits per heavy atom. The Morgan fingerprint density at radius 2 is 2.06 bits per heavy atom. The molecule has 0 aliphatic carbocycles. The molecular weight excluding hydrogens is 220 g/mol. The van der Waals surface area contributed by atoms with Crippen LogP contribution in [0.25, 0.3) is 0 Å². The van der Waals surface area contributed by atoms with Gasteiger partial charge < -0.3 is 4.90 Å². The minimum Gasteiger partial charge on any atom is -0.371 e. The molecule has 2 heteroatoms. The van der Waals surface area contributed by atoms with Gasteiger partial charge in [-0.2, -0.15) is 5.26 Å². The second kappa shape index (κ2) is 5.44. The van der Waals surface area contributed by atoms with E-state index < -0.39 is 0 Å². The molecule has 0 aromatic heterocycles. The number of rotatable bonds is 5. The lowest BCUT2D eigenvalue weighted by atomic mass is 9.89. The summed E-state index contributed by atoms with van der Waals surface area (Å²) in [5, 5.41) is 8.97. The Morgan fingerprint density at radius 1 is 1.28 bits per heavy atom. The topological polar surface area (TPSA) is 27.0 Å². The van der Waals surface area contributed by atoms with E-state index in [-0.39, 0.29) is 5.41 Å². The van der Waals surface area contributed by atoms with Crippen LogP contribution in [0.2, 0.25) is 0 Å². The average Bonchev–Trinajstić information content (AvgIpc) is 2.78. The van der Waals surface area contributed by atoms with Crippen molar-refractivity contribution in [1.29, 1.82) is 5.26 Å². The van der Waals surface area contributed by atoms with E-state index in [1.807, 2.05) is 13.8 Å². The molecule has 18 heavy (non-hydrogen) atoms. The lowest BCUT2D eigenvalue weighted by Crippen LogP contribution is -2.22. The molecule has 0 saturated heterocycles. The first-order valence-corrected chi connectivity index (χ1v) is 6.86. The number of hydrogen-bond acceptors (Lipinski definition) is 2. The lowest BCUT2D eigenvalue weighted by molar-refractivity contribution is 0.427. The van der Waals surface area contributed by atoms with Crippen LogP contribution in [0, 0.1) is 16.7 Å². The first-order valence-electron chi connectivity index (χ1n) is 6.86. The molecule has 0 unspecified atom stereocenters. The van der Waals surface area contributed by atoms with Crippen LogP contribution >= 0.6 is 0 Å². The van der Waals surface area contributed by atoms with E-state index in [0.29, 0.717) is 0 Å². The van der Waals surface area contributed by atoms with Crippen LogP contribution in [-0.2, 0) is 6.42 Å². The average molecular weight is 242 g/mol. The number of anilines is 1. The number of nitriles is 1. The summed E-state index contributed by atoms with van der Waals surface area (Å²) < 4.78 is 0. The van der Waals surface area contributed by atoms with E-state index in [4.69, 9.17) is 5.26 Å². The van der Waals surface area contributed by atoms with E-state index in [1.54, 1.807) is 0 Å². The Balaban J connectivity index is 1.78. The Labute approximate surface area is 110 Å². The summed E-state index contributed by atoms with van der Waals surface area (Å²) in [5.74, 6) is 0. The molecule has 0 atom stereocenters.